The van der Waals surface area contributed by atoms with Crippen LogP contribution >= 0.6 is 0 Å². The number of nitrogens with zero attached hydrogens (tertiary/aromatic N) is 1. The molecule has 0 spiro atoms. The number of fused-ring (bicyclic) bond motifs is 1. The lowest BCUT2D eigenvalue weighted by molar-refractivity contribution is -0.129. The maximum atomic E-state index is 14.3. The highest BCUT2D eigenvalue weighted by Gasteiger charge is 2.29. The monoisotopic (exact) mass is 494 g/mol. The Bertz CT molecular complexity index is 1200. The first-order chi connectivity index (χ1) is 16.3. The summed E-state index contributed by atoms with van der Waals surface area (Å²) in [5.74, 6) is -1.55. The summed E-state index contributed by atoms with van der Waals surface area (Å²) < 4.78 is 61.9. The first-order valence-electron chi connectivity index (χ1n) is 10.5. The molecule has 0 bridgehead atoms. The number of benzene rings is 2. The van der Waals surface area contributed by atoms with Crippen LogP contribution in [0.2, 0.25) is 0 Å². The highest BCUT2D eigenvalue weighted by atomic mass is 32.2. The Morgan fingerprint density at radius 1 is 1.12 bits per heavy atom. The molecule has 2 aromatic rings. The number of esters is 1. The number of amides is 1. The van der Waals surface area contributed by atoms with Crippen LogP contribution in [0.3, 0.4) is 0 Å². The molecule has 1 N–H and O–H groups in total. The Balaban J connectivity index is 1.39. The van der Waals surface area contributed by atoms with Crippen LogP contribution in [0.4, 0.5) is 4.39 Å². The molecule has 1 amide bonds. The van der Waals surface area contributed by atoms with Gasteiger partial charge in [-0.1, -0.05) is 6.07 Å². The van der Waals surface area contributed by atoms with E-state index in [0.717, 1.165) is 23.8 Å². The number of hydrogen-bond donors (Lipinski definition) is 1. The molecule has 10 nitrogen and oxygen atoms in total. The SMILES string of the molecule is C[C@H](OC(=O)c1cc(S(=O)(=O)N2CCOCC2)ccc1F)C(=O)NCc1ccc2c(c1)OCO2. The maximum Gasteiger partial charge on any atom is 0.341 e. The lowest BCUT2D eigenvalue weighted by Crippen LogP contribution is -2.40. The maximum absolute atomic E-state index is 14.3. The number of carbonyl (C=O) groups excluding carboxylic acids is 2. The molecular formula is C22H23FN2O8S. The summed E-state index contributed by atoms with van der Waals surface area (Å²) in [5.41, 5.74) is 0.160. The molecule has 182 valence electrons. The zero-order valence-electron chi connectivity index (χ0n) is 18.3. The number of morpholine rings is 1. The Morgan fingerprint density at radius 2 is 1.85 bits per heavy atom. The van der Waals surface area contributed by atoms with Crippen LogP contribution in [0.5, 0.6) is 11.5 Å². The summed E-state index contributed by atoms with van der Waals surface area (Å²) >= 11 is 0. The molecule has 1 saturated heterocycles. The lowest BCUT2D eigenvalue weighted by Gasteiger charge is -2.26. The molecule has 0 radical (unpaired) electrons. The van der Waals surface area contributed by atoms with Gasteiger partial charge in [-0.25, -0.2) is 17.6 Å². The van der Waals surface area contributed by atoms with E-state index in [-0.39, 0.29) is 44.5 Å². The lowest BCUT2D eigenvalue weighted by atomic mass is 10.2. The van der Waals surface area contributed by atoms with Crippen molar-refractivity contribution in [2.45, 2.75) is 24.5 Å². The number of halogens is 1. The summed E-state index contributed by atoms with van der Waals surface area (Å²) in [6, 6.07) is 8.07. The van der Waals surface area contributed by atoms with Crippen LogP contribution < -0.4 is 14.8 Å². The van der Waals surface area contributed by atoms with Crippen LogP contribution in [0.25, 0.3) is 0 Å². The molecule has 2 aromatic carbocycles. The largest absolute Gasteiger partial charge is 0.454 e. The Hall–Kier alpha value is -3.22. The number of ether oxygens (including phenoxy) is 4. The molecule has 0 unspecified atom stereocenters. The van der Waals surface area contributed by atoms with Gasteiger partial charge in [-0.3, -0.25) is 4.79 Å². The van der Waals surface area contributed by atoms with Gasteiger partial charge in [0.2, 0.25) is 16.8 Å². The molecule has 34 heavy (non-hydrogen) atoms. The number of hydrogen-bond acceptors (Lipinski definition) is 8. The third kappa shape index (κ3) is 5.13. The van der Waals surface area contributed by atoms with Gasteiger partial charge in [0.25, 0.3) is 5.91 Å². The van der Waals surface area contributed by atoms with Crippen molar-refractivity contribution in [3.8, 4) is 11.5 Å². The second-order valence-electron chi connectivity index (χ2n) is 7.61. The van der Waals surface area contributed by atoms with Crippen molar-refractivity contribution >= 4 is 21.9 Å². The van der Waals surface area contributed by atoms with Gasteiger partial charge in [0.1, 0.15) is 5.82 Å². The zero-order valence-corrected chi connectivity index (χ0v) is 19.1. The van der Waals surface area contributed by atoms with E-state index >= 15 is 0 Å². The summed E-state index contributed by atoms with van der Waals surface area (Å²) in [6.45, 7) is 2.39. The summed E-state index contributed by atoms with van der Waals surface area (Å²) in [4.78, 5) is 24.7. The fourth-order valence-electron chi connectivity index (χ4n) is 3.42. The molecule has 2 aliphatic rings. The molecule has 0 aromatic heterocycles. The second-order valence-corrected chi connectivity index (χ2v) is 9.55. The van der Waals surface area contributed by atoms with E-state index in [1.807, 2.05) is 0 Å². The van der Waals surface area contributed by atoms with Gasteiger partial charge >= 0.3 is 5.97 Å². The van der Waals surface area contributed by atoms with Gasteiger partial charge in [0.15, 0.2) is 17.6 Å². The topological polar surface area (TPSA) is 120 Å². The summed E-state index contributed by atoms with van der Waals surface area (Å²) in [6.07, 6.45) is -1.25. The third-order valence-corrected chi connectivity index (χ3v) is 7.22. The first-order valence-corrected chi connectivity index (χ1v) is 11.9. The van der Waals surface area contributed by atoms with Crippen LogP contribution in [0, 0.1) is 5.82 Å². The van der Waals surface area contributed by atoms with Crippen LogP contribution in [-0.2, 0) is 30.8 Å². The van der Waals surface area contributed by atoms with Gasteiger partial charge in [0, 0.05) is 19.6 Å². The van der Waals surface area contributed by atoms with E-state index in [4.69, 9.17) is 18.9 Å². The summed E-state index contributed by atoms with van der Waals surface area (Å²) in [5, 5.41) is 2.62. The van der Waals surface area contributed by atoms with E-state index < -0.39 is 39.4 Å². The van der Waals surface area contributed by atoms with E-state index in [9.17, 15) is 22.4 Å². The summed E-state index contributed by atoms with van der Waals surface area (Å²) in [7, 11) is -3.94. The highest BCUT2D eigenvalue weighted by molar-refractivity contribution is 7.89. The fourth-order valence-corrected chi connectivity index (χ4v) is 4.85. The van der Waals surface area contributed by atoms with Crippen LogP contribution in [0.15, 0.2) is 41.3 Å². The van der Waals surface area contributed by atoms with Gasteiger partial charge in [-0.15, -0.1) is 0 Å². The number of carbonyl (C=O) groups is 2. The average molecular weight is 494 g/mol. The molecule has 4 rings (SSSR count). The van der Waals surface area contributed by atoms with E-state index in [0.29, 0.717) is 11.5 Å². The first kappa shape index (κ1) is 23.9. The van der Waals surface area contributed by atoms with Gasteiger partial charge < -0.3 is 24.3 Å². The van der Waals surface area contributed by atoms with Gasteiger partial charge in [-0.05, 0) is 42.8 Å². The normalized spacial score (nSPS) is 16.6. The van der Waals surface area contributed by atoms with E-state index in [1.54, 1.807) is 18.2 Å². The highest BCUT2D eigenvalue weighted by Crippen LogP contribution is 2.32. The average Bonchev–Trinajstić information content (AvgIpc) is 3.31. The minimum atomic E-state index is -3.94. The molecule has 0 saturated carbocycles. The molecule has 0 aliphatic carbocycles. The van der Waals surface area contributed by atoms with Crippen molar-refractivity contribution in [3.63, 3.8) is 0 Å². The number of rotatable bonds is 7. The third-order valence-electron chi connectivity index (χ3n) is 5.32. The molecular weight excluding hydrogens is 471 g/mol. The quantitative estimate of drug-likeness (QED) is 0.574. The van der Waals surface area contributed by atoms with Gasteiger partial charge in [0.05, 0.1) is 23.7 Å². The number of nitrogens with one attached hydrogen (secondary N) is 1. The van der Waals surface area contributed by atoms with Crippen molar-refractivity contribution in [2.24, 2.45) is 0 Å². The molecule has 2 aliphatic heterocycles. The zero-order chi connectivity index (χ0) is 24.3. The predicted molar refractivity (Wildman–Crippen MR) is 115 cm³/mol. The number of sulfonamides is 1. The molecule has 2 heterocycles. The Kier molecular flexibility index (Phi) is 7.00. The van der Waals surface area contributed by atoms with Crippen LogP contribution in [-0.4, -0.2) is 63.8 Å². The predicted octanol–water partition coefficient (Wildman–Crippen LogP) is 1.44. The van der Waals surface area contributed by atoms with Crippen molar-refractivity contribution in [1.82, 2.24) is 9.62 Å². The Morgan fingerprint density at radius 3 is 2.62 bits per heavy atom. The van der Waals surface area contributed by atoms with E-state index in [2.05, 4.69) is 5.32 Å². The van der Waals surface area contributed by atoms with Crippen molar-refractivity contribution in [1.29, 1.82) is 0 Å². The molecule has 1 atom stereocenters. The van der Waals surface area contributed by atoms with Crippen molar-refractivity contribution in [2.75, 3.05) is 33.1 Å². The van der Waals surface area contributed by atoms with Crippen molar-refractivity contribution in [3.05, 3.63) is 53.3 Å². The van der Waals surface area contributed by atoms with Crippen LogP contribution in [0.1, 0.15) is 22.8 Å². The Labute approximate surface area is 195 Å². The minimum absolute atomic E-state index is 0.129. The van der Waals surface area contributed by atoms with Crippen molar-refractivity contribution < 1.29 is 41.3 Å². The molecule has 1 fully saturated rings. The van der Waals surface area contributed by atoms with Gasteiger partial charge in [-0.2, -0.15) is 4.31 Å². The second kappa shape index (κ2) is 9.95. The fraction of sp³-hybridized carbons (Fsp3) is 0.364. The molecule has 12 heteroatoms. The smallest absolute Gasteiger partial charge is 0.341 e. The minimum Gasteiger partial charge on any atom is -0.454 e. The van der Waals surface area contributed by atoms with E-state index in [1.165, 1.54) is 11.2 Å². The standard InChI is InChI=1S/C22H23FN2O8S/c1-14(21(26)24-12-15-2-5-19-20(10-15)32-13-31-19)33-22(27)17-11-16(3-4-18(17)23)34(28,29)25-6-8-30-9-7-25/h2-5,10-11,14H,6-9,12-13H2,1H3,(H,24,26)/t14-/m0/s1.